The second-order valence-corrected chi connectivity index (χ2v) is 5.36. The number of hydrogen-bond donors (Lipinski definition) is 0. The molecular formula is C17H15ClN2. The molecule has 0 aliphatic rings. The summed E-state index contributed by atoms with van der Waals surface area (Å²) in [7, 11) is 0. The van der Waals surface area contributed by atoms with Gasteiger partial charge in [0.15, 0.2) is 0 Å². The fraction of sp³-hybridized carbons (Fsp3) is 0.118. The number of aromatic nitrogens is 2. The molecule has 0 aliphatic heterocycles. The van der Waals surface area contributed by atoms with Crippen molar-refractivity contribution in [3.63, 3.8) is 0 Å². The van der Waals surface area contributed by atoms with E-state index in [0.717, 1.165) is 22.7 Å². The summed E-state index contributed by atoms with van der Waals surface area (Å²) in [4.78, 5) is 0. The molecule has 1 aromatic heterocycles. The van der Waals surface area contributed by atoms with Crippen LogP contribution in [-0.4, -0.2) is 9.78 Å². The predicted molar refractivity (Wildman–Crippen MR) is 83.0 cm³/mol. The van der Waals surface area contributed by atoms with Gasteiger partial charge in [0, 0.05) is 16.8 Å². The van der Waals surface area contributed by atoms with Crippen molar-refractivity contribution in [2.45, 2.75) is 13.5 Å². The number of halogens is 1. The van der Waals surface area contributed by atoms with Crippen molar-refractivity contribution in [2.24, 2.45) is 0 Å². The van der Waals surface area contributed by atoms with E-state index in [0.29, 0.717) is 0 Å². The molecular weight excluding hydrogens is 268 g/mol. The zero-order chi connectivity index (χ0) is 13.9. The van der Waals surface area contributed by atoms with Crippen LogP contribution in [-0.2, 0) is 6.54 Å². The summed E-state index contributed by atoms with van der Waals surface area (Å²) in [5.41, 5.74) is 4.77. The van der Waals surface area contributed by atoms with E-state index >= 15 is 0 Å². The van der Waals surface area contributed by atoms with Gasteiger partial charge in [-0.25, -0.2) is 0 Å². The summed E-state index contributed by atoms with van der Waals surface area (Å²) in [6, 6.07) is 16.3. The summed E-state index contributed by atoms with van der Waals surface area (Å²) in [6.45, 7) is 2.89. The van der Waals surface area contributed by atoms with Crippen molar-refractivity contribution >= 4 is 11.6 Å². The largest absolute Gasteiger partial charge is 0.268 e. The molecule has 100 valence electrons. The number of aryl methyl sites for hydroxylation is 1. The van der Waals surface area contributed by atoms with Crippen molar-refractivity contribution in [3.05, 3.63) is 77.1 Å². The highest BCUT2D eigenvalue weighted by atomic mass is 35.5. The number of benzene rings is 2. The van der Waals surface area contributed by atoms with Crippen molar-refractivity contribution in [1.29, 1.82) is 0 Å². The minimum Gasteiger partial charge on any atom is -0.268 e. The summed E-state index contributed by atoms with van der Waals surface area (Å²) in [6.07, 6.45) is 3.95. The van der Waals surface area contributed by atoms with Crippen LogP contribution in [0.15, 0.2) is 60.9 Å². The molecule has 0 unspecified atom stereocenters. The topological polar surface area (TPSA) is 17.8 Å². The molecule has 0 aliphatic carbocycles. The van der Waals surface area contributed by atoms with Crippen LogP contribution in [0.4, 0.5) is 0 Å². The molecule has 1 heterocycles. The van der Waals surface area contributed by atoms with Crippen LogP contribution >= 0.6 is 11.6 Å². The Morgan fingerprint density at radius 2 is 1.85 bits per heavy atom. The van der Waals surface area contributed by atoms with E-state index in [2.05, 4.69) is 42.5 Å². The molecule has 0 bridgehead atoms. The van der Waals surface area contributed by atoms with Gasteiger partial charge in [-0.3, -0.25) is 4.68 Å². The molecule has 20 heavy (non-hydrogen) atoms. The van der Waals surface area contributed by atoms with Gasteiger partial charge in [0.25, 0.3) is 0 Å². The van der Waals surface area contributed by atoms with Crippen LogP contribution in [0.1, 0.15) is 11.1 Å². The lowest BCUT2D eigenvalue weighted by Gasteiger charge is -2.03. The third-order valence-corrected chi connectivity index (χ3v) is 3.49. The van der Waals surface area contributed by atoms with Gasteiger partial charge in [0.1, 0.15) is 0 Å². The van der Waals surface area contributed by atoms with Gasteiger partial charge in [-0.05, 0) is 30.2 Å². The lowest BCUT2D eigenvalue weighted by molar-refractivity contribution is 0.686. The van der Waals surface area contributed by atoms with Crippen LogP contribution in [0.25, 0.3) is 11.1 Å². The monoisotopic (exact) mass is 282 g/mol. The van der Waals surface area contributed by atoms with E-state index in [9.17, 15) is 0 Å². The standard InChI is InChI=1S/C17H15ClN2/c1-13-3-2-4-14(9-13)11-20-12-16(10-19-20)15-5-7-17(18)8-6-15/h2-10,12H,11H2,1H3. The zero-order valence-electron chi connectivity index (χ0n) is 11.3. The van der Waals surface area contributed by atoms with Crippen molar-refractivity contribution in [1.82, 2.24) is 9.78 Å². The molecule has 3 aromatic rings. The Bertz CT molecular complexity index is 714. The molecule has 0 N–H and O–H groups in total. The second-order valence-electron chi connectivity index (χ2n) is 4.92. The maximum absolute atomic E-state index is 5.91. The number of hydrogen-bond acceptors (Lipinski definition) is 1. The third-order valence-electron chi connectivity index (χ3n) is 3.24. The lowest BCUT2D eigenvalue weighted by Crippen LogP contribution is -1.99. The average Bonchev–Trinajstić information content (AvgIpc) is 2.88. The Labute approximate surface area is 123 Å². The maximum Gasteiger partial charge on any atom is 0.0659 e. The molecule has 0 radical (unpaired) electrons. The first-order valence-corrected chi connectivity index (χ1v) is 6.92. The summed E-state index contributed by atoms with van der Waals surface area (Å²) < 4.78 is 1.96. The minimum absolute atomic E-state index is 0.751. The normalized spacial score (nSPS) is 10.7. The van der Waals surface area contributed by atoms with E-state index < -0.39 is 0 Å². The van der Waals surface area contributed by atoms with E-state index in [1.807, 2.05) is 35.1 Å². The molecule has 0 amide bonds. The highest BCUT2D eigenvalue weighted by Crippen LogP contribution is 2.21. The van der Waals surface area contributed by atoms with Gasteiger partial charge >= 0.3 is 0 Å². The number of rotatable bonds is 3. The van der Waals surface area contributed by atoms with E-state index in [4.69, 9.17) is 11.6 Å². The summed E-state index contributed by atoms with van der Waals surface area (Å²) >= 11 is 5.91. The van der Waals surface area contributed by atoms with Crippen molar-refractivity contribution in [2.75, 3.05) is 0 Å². The van der Waals surface area contributed by atoms with Gasteiger partial charge in [0.2, 0.25) is 0 Å². The lowest BCUT2D eigenvalue weighted by atomic mass is 10.1. The van der Waals surface area contributed by atoms with E-state index in [1.54, 1.807) is 0 Å². The van der Waals surface area contributed by atoms with Gasteiger partial charge < -0.3 is 0 Å². The molecule has 3 heteroatoms. The fourth-order valence-electron chi connectivity index (χ4n) is 2.24. The number of nitrogens with zero attached hydrogens (tertiary/aromatic N) is 2. The Morgan fingerprint density at radius 3 is 2.60 bits per heavy atom. The first-order chi connectivity index (χ1) is 9.70. The smallest absolute Gasteiger partial charge is 0.0659 e. The molecule has 0 saturated carbocycles. The van der Waals surface area contributed by atoms with Crippen LogP contribution in [0, 0.1) is 6.92 Å². The molecule has 0 atom stereocenters. The van der Waals surface area contributed by atoms with E-state index in [-0.39, 0.29) is 0 Å². The van der Waals surface area contributed by atoms with Crippen molar-refractivity contribution < 1.29 is 0 Å². The molecule has 2 aromatic carbocycles. The van der Waals surface area contributed by atoms with Crippen LogP contribution in [0.3, 0.4) is 0 Å². The average molecular weight is 283 g/mol. The zero-order valence-corrected chi connectivity index (χ0v) is 12.0. The van der Waals surface area contributed by atoms with Crippen LogP contribution < -0.4 is 0 Å². The Hall–Kier alpha value is -2.06. The van der Waals surface area contributed by atoms with Crippen LogP contribution in [0.5, 0.6) is 0 Å². The van der Waals surface area contributed by atoms with Gasteiger partial charge in [0.05, 0.1) is 12.7 Å². The van der Waals surface area contributed by atoms with Crippen molar-refractivity contribution in [3.8, 4) is 11.1 Å². The molecule has 3 rings (SSSR count). The Morgan fingerprint density at radius 1 is 1.05 bits per heavy atom. The Balaban J connectivity index is 1.82. The van der Waals surface area contributed by atoms with Gasteiger partial charge in [-0.15, -0.1) is 0 Å². The van der Waals surface area contributed by atoms with E-state index in [1.165, 1.54) is 11.1 Å². The SMILES string of the molecule is Cc1cccc(Cn2cc(-c3ccc(Cl)cc3)cn2)c1. The first-order valence-electron chi connectivity index (χ1n) is 6.55. The summed E-state index contributed by atoms with van der Waals surface area (Å²) in [5, 5.41) is 5.17. The molecule has 0 fully saturated rings. The highest BCUT2D eigenvalue weighted by molar-refractivity contribution is 6.30. The van der Waals surface area contributed by atoms with Crippen LogP contribution in [0.2, 0.25) is 5.02 Å². The first kappa shape index (κ1) is 12.9. The van der Waals surface area contributed by atoms with Gasteiger partial charge in [-0.2, -0.15) is 5.10 Å². The predicted octanol–water partition coefficient (Wildman–Crippen LogP) is 4.56. The Kier molecular flexibility index (Phi) is 3.57. The molecule has 2 nitrogen and oxygen atoms in total. The highest BCUT2D eigenvalue weighted by Gasteiger charge is 2.02. The molecule has 0 spiro atoms. The third kappa shape index (κ3) is 2.91. The fourth-order valence-corrected chi connectivity index (χ4v) is 2.36. The summed E-state index contributed by atoms with van der Waals surface area (Å²) in [5.74, 6) is 0. The molecule has 0 saturated heterocycles. The maximum atomic E-state index is 5.91. The van der Waals surface area contributed by atoms with Gasteiger partial charge in [-0.1, -0.05) is 53.6 Å². The quantitative estimate of drug-likeness (QED) is 0.688. The second kappa shape index (κ2) is 5.51. The minimum atomic E-state index is 0.751.